The summed E-state index contributed by atoms with van der Waals surface area (Å²) >= 11 is 0. The molecular formula is C14H23N3O. The van der Waals surface area contributed by atoms with Gasteiger partial charge in [-0.3, -0.25) is 0 Å². The fourth-order valence-electron chi connectivity index (χ4n) is 1.69. The molecule has 0 saturated carbocycles. The highest BCUT2D eigenvalue weighted by atomic mass is 16.5. The fraction of sp³-hybridized carbons (Fsp3) is 0.571. The molecule has 1 atom stereocenters. The van der Waals surface area contributed by atoms with Crippen LogP contribution >= 0.6 is 0 Å². The molecule has 0 aliphatic heterocycles. The van der Waals surface area contributed by atoms with E-state index in [1.807, 2.05) is 12.1 Å². The van der Waals surface area contributed by atoms with Crippen molar-refractivity contribution in [1.82, 2.24) is 15.5 Å². The third kappa shape index (κ3) is 4.84. The molecule has 1 aromatic rings. The van der Waals surface area contributed by atoms with Crippen molar-refractivity contribution in [3.8, 4) is 5.88 Å². The number of nitrogens with zero attached hydrogens (tertiary/aromatic N) is 2. The molecule has 0 saturated heterocycles. The quantitative estimate of drug-likeness (QED) is 0.720. The van der Waals surface area contributed by atoms with Gasteiger partial charge in [0.15, 0.2) is 0 Å². The average molecular weight is 249 g/mol. The lowest BCUT2D eigenvalue weighted by molar-refractivity contribution is 0.388. The van der Waals surface area contributed by atoms with Crippen LogP contribution in [0.1, 0.15) is 44.8 Å². The predicted molar refractivity (Wildman–Crippen MR) is 73.7 cm³/mol. The normalized spacial score (nSPS) is 12.2. The zero-order valence-electron chi connectivity index (χ0n) is 11.6. The Bertz CT molecular complexity index is 362. The van der Waals surface area contributed by atoms with E-state index in [1.54, 1.807) is 7.11 Å². The van der Waals surface area contributed by atoms with Gasteiger partial charge in [0, 0.05) is 6.07 Å². The van der Waals surface area contributed by atoms with E-state index >= 15 is 0 Å². The molecule has 1 heterocycles. The second-order valence-electron chi connectivity index (χ2n) is 4.50. The van der Waals surface area contributed by atoms with E-state index in [2.05, 4.69) is 35.9 Å². The van der Waals surface area contributed by atoms with Crippen LogP contribution < -0.4 is 10.1 Å². The van der Waals surface area contributed by atoms with Crippen LogP contribution in [0.5, 0.6) is 5.88 Å². The SMILES string of the molecule is C=C(C)CCC(NCCC)c1ccc(OC)nn1. The lowest BCUT2D eigenvalue weighted by Gasteiger charge is -2.17. The molecule has 0 fully saturated rings. The van der Waals surface area contributed by atoms with Crippen LogP contribution in [-0.4, -0.2) is 23.9 Å². The first-order valence-corrected chi connectivity index (χ1v) is 6.42. The van der Waals surface area contributed by atoms with E-state index in [0.717, 1.165) is 31.5 Å². The molecule has 1 aromatic heterocycles. The Kier molecular flexibility index (Phi) is 6.36. The minimum absolute atomic E-state index is 0.236. The van der Waals surface area contributed by atoms with Gasteiger partial charge in [-0.25, -0.2) is 0 Å². The van der Waals surface area contributed by atoms with Crippen LogP contribution in [0.15, 0.2) is 24.3 Å². The molecule has 18 heavy (non-hydrogen) atoms. The summed E-state index contributed by atoms with van der Waals surface area (Å²) in [6.07, 6.45) is 3.10. The van der Waals surface area contributed by atoms with Crippen molar-refractivity contribution in [3.05, 3.63) is 30.0 Å². The number of nitrogens with one attached hydrogen (secondary N) is 1. The number of hydrogen-bond acceptors (Lipinski definition) is 4. The first kappa shape index (κ1) is 14.6. The number of allylic oxidation sites excluding steroid dienone is 1. The number of methoxy groups -OCH3 is 1. The lowest BCUT2D eigenvalue weighted by Crippen LogP contribution is -2.23. The third-order valence-electron chi connectivity index (χ3n) is 2.73. The highest BCUT2D eigenvalue weighted by molar-refractivity contribution is 5.14. The van der Waals surface area contributed by atoms with Gasteiger partial charge in [-0.05, 0) is 38.8 Å². The standard InChI is InChI=1S/C14H23N3O/c1-5-10-15-12(7-6-11(2)3)13-8-9-14(18-4)17-16-13/h8-9,12,15H,2,5-7,10H2,1,3-4H3. The molecule has 100 valence electrons. The summed E-state index contributed by atoms with van der Waals surface area (Å²) in [7, 11) is 1.59. The zero-order valence-corrected chi connectivity index (χ0v) is 11.6. The molecule has 0 aliphatic carbocycles. The Morgan fingerprint density at radius 3 is 2.72 bits per heavy atom. The Balaban J connectivity index is 2.69. The van der Waals surface area contributed by atoms with Gasteiger partial charge in [0.25, 0.3) is 0 Å². The second kappa shape index (κ2) is 7.82. The van der Waals surface area contributed by atoms with Gasteiger partial charge in [-0.1, -0.05) is 12.5 Å². The average Bonchev–Trinajstić information content (AvgIpc) is 2.39. The number of ether oxygens (including phenoxy) is 1. The molecular weight excluding hydrogens is 226 g/mol. The van der Waals surface area contributed by atoms with E-state index in [0.29, 0.717) is 5.88 Å². The Labute approximate surface area is 109 Å². The summed E-state index contributed by atoms with van der Waals surface area (Å²) in [5.41, 5.74) is 2.16. The maximum absolute atomic E-state index is 5.02. The highest BCUT2D eigenvalue weighted by Gasteiger charge is 2.12. The van der Waals surface area contributed by atoms with Crippen LogP contribution in [0.25, 0.3) is 0 Å². The number of rotatable bonds is 8. The molecule has 0 aromatic carbocycles. The van der Waals surface area contributed by atoms with Crippen LogP contribution in [0, 0.1) is 0 Å². The summed E-state index contributed by atoms with van der Waals surface area (Å²) in [6.45, 7) is 9.13. The van der Waals surface area contributed by atoms with Crippen LogP contribution in [0.2, 0.25) is 0 Å². The highest BCUT2D eigenvalue weighted by Crippen LogP contribution is 2.19. The molecule has 0 spiro atoms. The van der Waals surface area contributed by atoms with Gasteiger partial charge >= 0.3 is 0 Å². The summed E-state index contributed by atoms with van der Waals surface area (Å²) in [5, 5.41) is 11.7. The van der Waals surface area contributed by atoms with Gasteiger partial charge in [0.05, 0.1) is 18.8 Å². The minimum atomic E-state index is 0.236. The molecule has 1 unspecified atom stereocenters. The van der Waals surface area contributed by atoms with Crippen molar-refractivity contribution in [3.63, 3.8) is 0 Å². The third-order valence-corrected chi connectivity index (χ3v) is 2.73. The molecule has 1 rings (SSSR count). The monoisotopic (exact) mass is 249 g/mol. The van der Waals surface area contributed by atoms with E-state index in [4.69, 9.17) is 4.74 Å². The topological polar surface area (TPSA) is 47.0 Å². The zero-order chi connectivity index (χ0) is 13.4. The lowest BCUT2D eigenvalue weighted by atomic mass is 10.0. The van der Waals surface area contributed by atoms with Crippen molar-refractivity contribution in [2.45, 2.75) is 39.2 Å². The molecule has 0 amide bonds. The molecule has 4 nitrogen and oxygen atoms in total. The molecule has 0 bridgehead atoms. The first-order valence-electron chi connectivity index (χ1n) is 6.42. The van der Waals surface area contributed by atoms with Crippen molar-refractivity contribution < 1.29 is 4.74 Å². The molecule has 0 aliphatic rings. The summed E-state index contributed by atoms with van der Waals surface area (Å²) in [4.78, 5) is 0. The minimum Gasteiger partial charge on any atom is -0.480 e. The van der Waals surface area contributed by atoms with Gasteiger partial charge in [0.1, 0.15) is 0 Å². The van der Waals surface area contributed by atoms with Crippen molar-refractivity contribution in [1.29, 1.82) is 0 Å². The smallest absolute Gasteiger partial charge is 0.233 e. The van der Waals surface area contributed by atoms with Gasteiger partial charge < -0.3 is 10.1 Å². The Hall–Kier alpha value is -1.42. The van der Waals surface area contributed by atoms with E-state index in [9.17, 15) is 0 Å². The summed E-state index contributed by atoms with van der Waals surface area (Å²) in [5.74, 6) is 0.549. The molecule has 1 N–H and O–H groups in total. The maximum atomic E-state index is 5.02. The van der Waals surface area contributed by atoms with E-state index < -0.39 is 0 Å². The van der Waals surface area contributed by atoms with Crippen LogP contribution in [-0.2, 0) is 0 Å². The molecule has 0 radical (unpaired) electrons. The van der Waals surface area contributed by atoms with Gasteiger partial charge in [-0.2, -0.15) is 5.10 Å². The summed E-state index contributed by atoms with van der Waals surface area (Å²) < 4.78 is 5.02. The predicted octanol–water partition coefficient (Wildman–Crippen LogP) is 2.88. The number of hydrogen-bond donors (Lipinski definition) is 1. The number of aromatic nitrogens is 2. The largest absolute Gasteiger partial charge is 0.480 e. The van der Waals surface area contributed by atoms with Crippen LogP contribution in [0.3, 0.4) is 0 Å². The van der Waals surface area contributed by atoms with Crippen molar-refractivity contribution in [2.75, 3.05) is 13.7 Å². The van der Waals surface area contributed by atoms with E-state index in [1.165, 1.54) is 5.57 Å². The second-order valence-corrected chi connectivity index (χ2v) is 4.50. The Morgan fingerprint density at radius 1 is 1.44 bits per heavy atom. The molecule has 4 heteroatoms. The van der Waals surface area contributed by atoms with Crippen molar-refractivity contribution in [2.24, 2.45) is 0 Å². The maximum Gasteiger partial charge on any atom is 0.233 e. The first-order chi connectivity index (χ1) is 8.67. The van der Waals surface area contributed by atoms with Crippen LogP contribution in [0.4, 0.5) is 0 Å². The van der Waals surface area contributed by atoms with E-state index in [-0.39, 0.29) is 6.04 Å². The Morgan fingerprint density at radius 2 is 2.22 bits per heavy atom. The summed E-state index contributed by atoms with van der Waals surface area (Å²) in [6, 6.07) is 4.06. The van der Waals surface area contributed by atoms with Gasteiger partial charge in [0.2, 0.25) is 5.88 Å². The fourth-order valence-corrected chi connectivity index (χ4v) is 1.69. The van der Waals surface area contributed by atoms with Crippen molar-refractivity contribution >= 4 is 0 Å². The van der Waals surface area contributed by atoms with Gasteiger partial charge in [-0.15, -0.1) is 11.7 Å².